The fourth-order valence-electron chi connectivity index (χ4n) is 1.42. The summed E-state index contributed by atoms with van der Waals surface area (Å²) < 4.78 is 10.8. The van der Waals surface area contributed by atoms with E-state index >= 15 is 0 Å². The molecule has 1 atom stereocenters. The molecule has 0 saturated carbocycles. The number of ether oxygens (including phenoxy) is 2. The van der Waals surface area contributed by atoms with E-state index in [1.165, 1.54) is 0 Å². The van der Waals surface area contributed by atoms with Gasteiger partial charge in [-0.2, -0.15) is 4.98 Å². The van der Waals surface area contributed by atoms with Crippen molar-refractivity contribution >= 4 is 5.82 Å². The predicted molar refractivity (Wildman–Crippen MR) is 76.5 cm³/mol. The second kappa shape index (κ2) is 7.94. The molecule has 1 aromatic rings. The first-order valence-electron chi connectivity index (χ1n) is 6.81. The Kier molecular flexibility index (Phi) is 6.56. The molecule has 1 unspecified atom stereocenters. The van der Waals surface area contributed by atoms with E-state index < -0.39 is 0 Å². The molecule has 0 amide bonds. The van der Waals surface area contributed by atoms with Gasteiger partial charge in [-0.15, -0.1) is 0 Å². The highest BCUT2D eigenvalue weighted by Crippen LogP contribution is 2.16. The van der Waals surface area contributed by atoms with Crippen molar-refractivity contribution in [2.45, 2.75) is 46.8 Å². The molecule has 1 N–H and O–H groups in total. The number of anilines is 1. The van der Waals surface area contributed by atoms with Crippen LogP contribution in [-0.4, -0.2) is 29.7 Å². The Labute approximate surface area is 115 Å². The Balaban J connectivity index is 2.83. The first kappa shape index (κ1) is 15.7. The number of hydrogen-bond acceptors (Lipinski definition) is 5. The monoisotopic (exact) mass is 267 g/mol. The summed E-state index contributed by atoms with van der Waals surface area (Å²) in [7, 11) is 1.63. The number of rotatable bonds is 8. The number of nitrogens with zero attached hydrogens (tertiary/aromatic N) is 2. The molecular weight excluding hydrogens is 242 g/mol. The van der Waals surface area contributed by atoms with Crippen molar-refractivity contribution in [3.63, 3.8) is 0 Å². The minimum absolute atomic E-state index is 0.364. The highest BCUT2D eigenvalue weighted by atomic mass is 16.5. The van der Waals surface area contributed by atoms with Crippen LogP contribution in [0.1, 0.15) is 39.9 Å². The van der Waals surface area contributed by atoms with Crippen LogP contribution in [-0.2, 0) is 11.3 Å². The Morgan fingerprint density at radius 3 is 2.58 bits per heavy atom. The van der Waals surface area contributed by atoms with Crippen LogP contribution in [0.2, 0.25) is 0 Å². The van der Waals surface area contributed by atoms with Crippen molar-refractivity contribution in [2.75, 3.05) is 19.0 Å². The maximum atomic E-state index is 5.66. The topological polar surface area (TPSA) is 56.3 Å². The Morgan fingerprint density at radius 1 is 1.26 bits per heavy atom. The molecule has 0 bridgehead atoms. The highest BCUT2D eigenvalue weighted by molar-refractivity contribution is 5.39. The van der Waals surface area contributed by atoms with Gasteiger partial charge in [-0.3, -0.25) is 0 Å². The largest absolute Gasteiger partial charge is 0.477 e. The van der Waals surface area contributed by atoms with Crippen LogP contribution in [0.4, 0.5) is 5.82 Å². The molecule has 1 heterocycles. The molecule has 1 aromatic heterocycles. The van der Waals surface area contributed by atoms with Gasteiger partial charge in [-0.1, -0.05) is 20.8 Å². The first-order chi connectivity index (χ1) is 9.05. The van der Waals surface area contributed by atoms with Gasteiger partial charge in [0.05, 0.1) is 6.61 Å². The van der Waals surface area contributed by atoms with E-state index in [9.17, 15) is 0 Å². The summed E-state index contributed by atoms with van der Waals surface area (Å²) in [4.78, 5) is 8.74. The molecule has 108 valence electrons. The Hall–Kier alpha value is -1.36. The molecule has 0 aliphatic carbocycles. The van der Waals surface area contributed by atoms with Gasteiger partial charge in [0.25, 0.3) is 0 Å². The minimum Gasteiger partial charge on any atom is -0.477 e. The van der Waals surface area contributed by atoms with E-state index in [1.807, 2.05) is 6.07 Å². The van der Waals surface area contributed by atoms with Gasteiger partial charge in [0.2, 0.25) is 5.88 Å². The number of methoxy groups -OCH3 is 1. The minimum atomic E-state index is 0.364. The van der Waals surface area contributed by atoms with Gasteiger partial charge in [0.1, 0.15) is 12.4 Å². The zero-order valence-corrected chi connectivity index (χ0v) is 12.6. The van der Waals surface area contributed by atoms with Crippen molar-refractivity contribution in [1.29, 1.82) is 0 Å². The summed E-state index contributed by atoms with van der Waals surface area (Å²) in [6, 6.07) is 2.21. The molecular formula is C14H25N3O2. The molecule has 0 aliphatic heterocycles. The lowest BCUT2D eigenvalue weighted by Gasteiger charge is -2.15. The quantitative estimate of drug-likeness (QED) is 0.785. The third-order valence-corrected chi connectivity index (χ3v) is 2.59. The van der Waals surface area contributed by atoms with Crippen molar-refractivity contribution in [3.05, 3.63) is 11.9 Å². The van der Waals surface area contributed by atoms with E-state index in [4.69, 9.17) is 9.47 Å². The number of nitrogens with one attached hydrogen (secondary N) is 1. The zero-order valence-electron chi connectivity index (χ0n) is 12.6. The lowest BCUT2D eigenvalue weighted by molar-refractivity contribution is 0.175. The summed E-state index contributed by atoms with van der Waals surface area (Å²) in [5.74, 6) is 2.48. The summed E-state index contributed by atoms with van der Waals surface area (Å²) in [6.45, 7) is 9.49. The molecule has 5 nitrogen and oxygen atoms in total. The third kappa shape index (κ3) is 5.87. The van der Waals surface area contributed by atoms with E-state index in [2.05, 4.69) is 43.0 Å². The van der Waals surface area contributed by atoms with Crippen molar-refractivity contribution in [3.8, 4) is 5.88 Å². The standard InChI is InChI=1S/C14H25N3O2/c1-6-11(4)15-12-7-14(19-8-10(2)3)17-13(16-12)9-18-5/h7,10-11H,6,8-9H2,1-5H3,(H,15,16,17). The summed E-state index contributed by atoms with van der Waals surface area (Å²) in [5.41, 5.74) is 0. The zero-order chi connectivity index (χ0) is 14.3. The first-order valence-corrected chi connectivity index (χ1v) is 6.81. The number of hydrogen-bond donors (Lipinski definition) is 1. The van der Waals surface area contributed by atoms with E-state index in [-0.39, 0.29) is 0 Å². The van der Waals surface area contributed by atoms with Crippen molar-refractivity contribution < 1.29 is 9.47 Å². The maximum Gasteiger partial charge on any atom is 0.218 e. The van der Waals surface area contributed by atoms with Gasteiger partial charge in [0.15, 0.2) is 5.82 Å². The van der Waals surface area contributed by atoms with Gasteiger partial charge in [-0.05, 0) is 19.3 Å². The van der Waals surface area contributed by atoms with Gasteiger partial charge in [-0.25, -0.2) is 4.98 Å². The van der Waals surface area contributed by atoms with Gasteiger partial charge in [0, 0.05) is 19.2 Å². The summed E-state index contributed by atoms with van der Waals surface area (Å²) in [6.07, 6.45) is 1.03. The second-order valence-corrected chi connectivity index (χ2v) is 5.10. The molecule has 5 heteroatoms. The van der Waals surface area contributed by atoms with Crippen LogP contribution in [0.3, 0.4) is 0 Å². The van der Waals surface area contributed by atoms with Crippen LogP contribution >= 0.6 is 0 Å². The van der Waals surface area contributed by atoms with Crippen molar-refractivity contribution in [2.24, 2.45) is 5.92 Å². The van der Waals surface area contributed by atoms with Crippen LogP contribution in [0.25, 0.3) is 0 Å². The molecule has 0 aromatic carbocycles. The number of aromatic nitrogens is 2. The van der Waals surface area contributed by atoms with Crippen molar-refractivity contribution in [1.82, 2.24) is 9.97 Å². The lowest BCUT2D eigenvalue weighted by Crippen LogP contribution is -2.16. The molecule has 0 spiro atoms. The van der Waals surface area contributed by atoms with Gasteiger partial charge >= 0.3 is 0 Å². The molecule has 19 heavy (non-hydrogen) atoms. The van der Waals surface area contributed by atoms with E-state index in [0.717, 1.165) is 12.2 Å². The smallest absolute Gasteiger partial charge is 0.218 e. The molecule has 1 rings (SSSR count). The fourth-order valence-corrected chi connectivity index (χ4v) is 1.42. The van der Waals surface area contributed by atoms with E-state index in [0.29, 0.717) is 36.9 Å². The maximum absolute atomic E-state index is 5.66. The average molecular weight is 267 g/mol. The fraction of sp³-hybridized carbons (Fsp3) is 0.714. The van der Waals surface area contributed by atoms with E-state index in [1.54, 1.807) is 7.11 Å². The predicted octanol–water partition coefficient (Wildman–Crippen LogP) is 2.87. The second-order valence-electron chi connectivity index (χ2n) is 5.10. The SMILES string of the molecule is CCC(C)Nc1cc(OCC(C)C)nc(COC)n1. The van der Waals surface area contributed by atoms with Crippen LogP contribution in [0, 0.1) is 5.92 Å². The van der Waals surface area contributed by atoms with Crippen LogP contribution in [0.5, 0.6) is 5.88 Å². The van der Waals surface area contributed by atoms with Gasteiger partial charge < -0.3 is 14.8 Å². The highest BCUT2D eigenvalue weighted by Gasteiger charge is 2.08. The third-order valence-electron chi connectivity index (χ3n) is 2.59. The van der Waals surface area contributed by atoms with Crippen LogP contribution < -0.4 is 10.1 Å². The molecule has 0 saturated heterocycles. The summed E-state index contributed by atoms with van der Waals surface area (Å²) >= 11 is 0. The summed E-state index contributed by atoms with van der Waals surface area (Å²) in [5, 5.41) is 3.33. The molecule has 0 fully saturated rings. The Bertz CT molecular complexity index is 383. The molecule has 0 aliphatic rings. The Morgan fingerprint density at radius 2 is 2.00 bits per heavy atom. The lowest BCUT2D eigenvalue weighted by atomic mass is 10.2. The normalized spacial score (nSPS) is 12.5. The van der Waals surface area contributed by atoms with Crippen LogP contribution in [0.15, 0.2) is 6.07 Å². The molecule has 0 radical (unpaired) electrons. The average Bonchev–Trinajstić information content (AvgIpc) is 2.36.